The standard InChI is InChI=1S/C21H25N5O/c1-13(2)9-19-24-18-12-22-14(3)10-17(20(18)21(25-19)27-4)15-6-8-26-16(11-15)5-7-23-26/h5-8,10-11,13-14,22H,9,12H2,1-4H3/t14-/m1/s1. The van der Waals surface area contributed by atoms with Gasteiger partial charge >= 0.3 is 0 Å². The molecule has 0 amide bonds. The van der Waals surface area contributed by atoms with Crippen LogP contribution in [-0.2, 0) is 13.0 Å². The van der Waals surface area contributed by atoms with E-state index >= 15 is 0 Å². The molecule has 1 aliphatic heterocycles. The van der Waals surface area contributed by atoms with E-state index < -0.39 is 0 Å². The van der Waals surface area contributed by atoms with Crippen molar-refractivity contribution >= 4 is 11.1 Å². The van der Waals surface area contributed by atoms with Crippen molar-refractivity contribution in [2.24, 2.45) is 5.92 Å². The second kappa shape index (κ2) is 7.12. The summed E-state index contributed by atoms with van der Waals surface area (Å²) in [6, 6.07) is 6.44. The second-order valence-corrected chi connectivity index (χ2v) is 7.43. The minimum Gasteiger partial charge on any atom is -0.480 e. The first-order chi connectivity index (χ1) is 13.0. The third kappa shape index (κ3) is 3.45. The zero-order chi connectivity index (χ0) is 19.0. The number of rotatable bonds is 4. The summed E-state index contributed by atoms with van der Waals surface area (Å²) in [5, 5.41) is 7.82. The van der Waals surface area contributed by atoms with Crippen LogP contribution >= 0.6 is 0 Å². The molecule has 6 nitrogen and oxygen atoms in total. The van der Waals surface area contributed by atoms with Crippen molar-refractivity contribution in [1.29, 1.82) is 0 Å². The fourth-order valence-corrected chi connectivity index (χ4v) is 3.52. The Hall–Kier alpha value is -2.73. The molecule has 0 saturated carbocycles. The Morgan fingerprint density at radius 3 is 2.93 bits per heavy atom. The number of ether oxygens (including phenoxy) is 1. The highest BCUT2D eigenvalue weighted by atomic mass is 16.5. The van der Waals surface area contributed by atoms with Crippen LogP contribution in [0.1, 0.15) is 43.4 Å². The summed E-state index contributed by atoms with van der Waals surface area (Å²) >= 11 is 0. The highest BCUT2D eigenvalue weighted by Crippen LogP contribution is 2.34. The zero-order valence-electron chi connectivity index (χ0n) is 16.2. The fraction of sp³-hybridized carbons (Fsp3) is 0.381. The Morgan fingerprint density at radius 2 is 2.15 bits per heavy atom. The monoisotopic (exact) mass is 363 g/mol. The van der Waals surface area contributed by atoms with Gasteiger partial charge in [0.25, 0.3) is 0 Å². The van der Waals surface area contributed by atoms with E-state index in [0.717, 1.165) is 40.2 Å². The maximum Gasteiger partial charge on any atom is 0.224 e. The van der Waals surface area contributed by atoms with Crippen molar-refractivity contribution in [3.8, 4) is 5.88 Å². The molecule has 6 heteroatoms. The van der Waals surface area contributed by atoms with Crippen molar-refractivity contribution < 1.29 is 4.74 Å². The number of pyridine rings is 1. The number of hydrogen-bond acceptors (Lipinski definition) is 5. The smallest absolute Gasteiger partial charge is 0.224 e. The van der Waals surface area contributed by atoms with Crippen LogP contribution in [-0.4, -0.2) is 32.7 Å². The number of methoxy groups -OCH3 is 1. The Bertz CT molecular complexity index is 1000. The Kier molecular flexibility index (Phi) is 4.66. The average molecular weight is 363 g/mol. The van der Waals surface area contributed by atoms with Crippen LogP contribution in [0.25, 0.3) is 11.1 Å². The van der Waals surface area contributed by atoms with E-state index in [0.29, 0.717) is 18.3 Å². The lowest BCUT2D eigenvalue weighted by Crippen LogP contribution is -2.23. The molecule has 0 aliphatic carbocycles. The van der Waals surface area contributed by atoms with Gasteiger partial charge < -0.3 is 10.1 Å². The molecule has 3 aromatic heterocycles. The Morgan fingerprint density at radius 1 is 1.30 bits per heavy atom. The molecule has 140 valence electrons. The molecular formula is C21H25N5O. The van der Waals surface area contributed by atoms with Gasteiger partial charge in [-0.1, -0.05) is 19.9 Å². The second-order valence-electron chi connectivity index (χ2n) is 7.43. The van der Waals surface area contributed by atoms with Crippen LogP contribution in [0.2, 0.25) is 0 Å². The molecule has 0 fully saturated rings. The Balaban J connectivity index is 1.89. The lowest BCUT2D eigenvalue weighted by Gasteiger charge is -2.16. The SMILES string of the molecule is COc1nc(CC(C)C)nc2c1C(c1ccn3nccc3c1)=C[C@@H](C)NC2. The minimum atomic E-state index is 0.216. The lowest BCUT2D eigenvalue weighted by atomic mass is 9.96. The van der Waals surface area contributed by atoms with Crippen LogP contribution in [0.4, 0.5) is 0 Å². The highest BCUT2D eigenvalue weighted by Gasteiger charge is 2.24. The quantitative estimate of drug-likeness (QED) is 0.771. The number of hydrogen-bond donors (Lipinski definition) is 1. The first-order valence-corrected chi connectivity index (χ1v) is 9.38. The zero-order valence-corrected chi connectivity index (χ0v) is 16.2. The van der Waals surface area contributed by atoms with Crippen molar-refractivity contribution in [1.82, 2.24) is 24.9 Å². The summed E-state index contributed by atoms with van der Waals surface area (Å²) < 4.78 is 7.58. The average Bonchev–Trinajstić information content (AvgIpc) is 3.04. The van der Waals surface area contributed by atoms with E-state index in [1.165, 1.54) is 0 Å². The van der Waals surface area contributed by atoms with Crippen molar-refractivity contribution in [2.75, 3.05) is 7.11 Å². The summed E-state index contributed by atoms with van der Waals surface area (Å²) in [6.07, 6.45) is 6.84. The normalized spacial score (nSPS) is 16.9. The van der Waals surface area contributed by atoms with E-state index in [1.807, 2.05) is 16.8 Å². The predicted octanol–water partition coefficient (Wildman–Crippen LogP) is 3.25. The molecule has 1 aliphatic rings. The van der Waals surface area contributed by atoms with E-state index in [9.17, 15) is 0 Å². The number of fused-ring (bicyclic) bond motifs is 2. The van der Waals surface area contributed by atoms with Crippen LogP contribution in [0.3, 0.4) is 0 Å². The maximum absolute atomic E-state index is 5.71. The molecule has 4 heterocycles. The van der Waals surface area contributed by atoms with Gasteiger partial charge in [0.2, 0.25) is 5.88 Å². The highest BCUT2D eigenvalue weighted by molar-refractivity contribution is 5.85. The van der Waals surface area contributed by atoms with Crippen molar-refractivity contribution in [3.05, 3.63) is 59.3 Å². The van der Waals surface area contributed by atoms with Gasteiger partial charge in [-0.05, 0) is 42.2 Å². The molecule has 1 N–H and O–H groups in total. The number of nitrogens with one attached hydrogen (secondary N) is 1. The first-order valence-electron chi connectivity index (χ1n) is 9.38. The summed E-state index contributed by atoms with van der Waals surface area (Å²) in [5.74, 6) is 1.97. The van der Waals surface area contributed by atoms with Crippen LogP contribution in [0.15, 0.2) is 36.7 Å². The van der Waals surface area contributed by atoms with Gasteiger partial charge in [-0.2, -0.15) is 10.1 Å². The molecule has 4 rings (SSSR count). The summed E-state index contributed by atoms with van der Waals surface area (Å²) in [6.45, 7) is 7.19. The largest absolute Gasteiger partial charge is 0.480 e. The van der Waals surface area contributed by atoms with Crippen LogP contribution in [0, 0.1) is 5.92 Å². The molecule has 0 unspecified atom stereocenters. The van der Waals surface area contributed by atoms with E-state index in [4.69, 9.17) is 14.7 Å². The van der Waals surface area contributed by atoms with E-state index in [1.54, 1.807) is 13.3 Å². The van der Waals surface area contributed by atoms with Crippen molar-refractivity contribution in [3.63, 3.8) is 0 Å². The molecule has 3 aromatic rings. The van der Waals surface area contributed by atoms with Crippen molar-refractivity contribution in [2.45, 2.75) is 39.8 Å². The molecule has 1 atom stereocenters. The molecule has 0 aromatic carbocycles. The summed E-state index contributed by atoms with van der Waals surface area (Å²) in [5.41, 5.74) is 5.22. The maximum atomic E-state index is 5.71. The van der Waals surface area contributed by atoms with Gasteiger partial charge in [-0.15, -0.1) is 0 Å². The van der Waals surface area contributed by atoms with Gasteiger partial charge in [0.05, 0.1) is 23.9 Å². The van der Waals surface area contributed by atoms with Gasteiger partial charge in [-0.25, -0.2) is 9.50 Å². The predicted molar refractivity (Wildman–Crippen MR) is 106 cm³/mol. The van der Waals surface area contributed by atoms with Crippen LogP contribution in [0.5, 0.6) is 5.88 Å². The van der Waals surface area contributed by atoms with E-state index in [-0.39, 0.29) is 6.04 Å². The molecule has 27 heavy (non-hydrogen) atoms. The minimum absolute atomic E-state index is 0.216. The third-order valence-electron chi connectivity index (χ3n) is 4.77. The molecule has 0 radical (unpaired) electrons. The first kappa shape index (κ1) is 17.7. The lowest BCUT2D eigenvalue weighted by molar-refractivity contribution is 0.390. The summed E-state index contributed by atoms with van der Waals surface area (Å²) in [7, 11) is 1.68. The summed E-state index contributed by atoms with van der Waals surface area (Å²) in [4.78, 5) is 9.59. The van der Waals surface area contributed by atoms with Gasteiger partial charge in [0.15, 0.2) is 0 Å². The van der Waals surface area contributed by atoms with E-state index in [2.05, 4.69) is 49.4 Å². The van der Waals surface area contributed by atoms with Gasteiger partial charge in [0, 0.05) is 31.4 Å². The number of aromatic nitrogens is 4. The number of nitrogens with zero attached hydrogens (tertiary/aromatic N) is 4. The molecule has 0 saturated heterocycles. The van der Waals surface area contributed by atoms with Crippen LogP contribution < -0.4 is 10.1 Å². The topological polar surface area (TPSA) is 64.3 Å². The fourth-order valence-electron chi connectivity index (χ4n) is 3.52. The Labute approximate surface area is 159 Å². The third-order valence-corrected chi connectivity index (χ3v) is 4.77. The molecule has 0 spiro atoms. The van der Waals surface area contributed by atoms with Gasteiger partial charge in [-0.3, -0.25) is 0 Å². The molecular weight excluding hydrogens is 338 g/mol. The van der Waals surface area contributed by atoms with Gasteiger partial charge in [0.1, 0.15) is 5.82 Å². The molecule has 0 bridgehead atoms.